The molecule has 0 aliphatic carbocycles. The number of anilines is 1. The van der Waals surface area contributed by atoms with Crippen LogP contribution in [0.15, 0.2) is 29.1 Å². The van der Waals surface area contributed by atoms with Crippen molar-refractivity contribution in [2.45, 2.75) is 19.9 Å². The van der Waals surface area contributed by atoms with Crippen LogP contribution in [-0.2, 0) is 6.54 Å². The Morgan fingerprint density at radius 2 is 2.16 bits per heavy atom. The number of halogens is 3. The third-order valence-corrected chi connectivity index (χ3v) is 5.02. The number of hydrogen-bond donors (Lipinski definition) is 0. The van der Waals surface area contributed by atoms with Gasteiger partial charge >= 0.3 is 6.43 Å². The van der Waals surface area contributed by atoms with Crippen molar-refractivity contribution >= 4 is 40.6 Å². The second-order valence-electron chi connectivity index (χ2n) is 4.68. The summed E-state index contributed by atoms with van der Waals surface area (Å²) in [5.41, 5.74) is 0.855. The number of hydrogen-bond acceptors (Lipinski definition) is 8. The molecule has 25 heavy (non-hydrogen) atoms. The van der Waals surface area contributed by atoms with Crippen LogP contribution in [0, 0.1) is 0 Å². The van der Waals surface area contributed by atoms with Gasteiger partial charge in [0.05, 0.1) is 29.6 Å². The van der Waals surface area contributed by atoms with Gasteiger partial charge in [-0.15, -0.1) is 21.5 Å². The monoisotopic (exact) mass is 403 g/mol. The Labute approximate surface area is 155 Å². The molecule has 3 aromatic rings. The third-order valence-electron chi connectivity index (χ3n) is 2.93. The van der Waals surface area contributed by atoms with E-state index in [4.69, 9.17) is 16.0 Å². The summed E-state index contributed by atoms with van der Waals surface area (Å²) in [5, 5.41) is 8.27. The van der Waals surface area contributed by atoms with E-state index in [1.165, 1.54) is 17.5 Å². The number of alkyl halides is 2. The van der Waals surface area contributed by atoms with Crippen molar-refractivity contribution in [1.82, 2.24) is 20.2 Å². The van der Waals surface area contributed by atoms with Gasteiger partial charge in [-0.2, -0.15) is 8.78 Å². The summed E-state index contributed by atoms with van der Waals surface area (Å²) in [6, 6.07) is 1.82. The van der Waals surface area contributed by atoms with Crippen LogP contribution in [0.2, 0.25) is 5.02 Å². The predicted molar refractivity (Wildman–Crippen MR) is 93.9 cm³/mol. The summed E-state index contributed by atoms with van der Waals surface area (Å²) in [5.74, 6) is 0.197. The van der Waals surface area contributed by atoms with E-state index < -0.39 is 12.3 Å². The van der Waals surface area contributed by atoms with Gasteiger partial charge in [-0.3, -0.25) is 4.98 Å². The van der Waals surface area contributed by atoms with Gasteiger partial charge in [0.1, 0.15) is 9.88 Å². The summed E-state index contributed by atoms with van der Waals surface area (Å²) in [4.78, 5) is 8.95. The Kier molecular flexibility index (Phi) is 5.82. The molecule has 0 amide bonds. The normalized spacial score (nSPS) is 11.2. The molecular formula is C14H12ClF2N5OS2. The molecule has 0 N–H and O–H groups in total. The lowest BCUT2D eigenvalue weighted by Crippen LogP contribution is -2.14. The Hall–Kier alpha value is -1.78. The molecule has 11 heteroatoms. The van der Waals surface area contributed by atoms with Crippen molar-refractivity contribution in [2.24, 2.45) is 0 Å². The minimum Gasteiger partial charge on any atom is -0.414 e. The van der Waals surface area contributed by atoms with E-state index in [2.05, 4.69) is 20.2 Å². The van der Waals surface area contributed by atoms with E-state index in [9.17, 15) is 8.78 Å². The molecule has 0 saturated carbocycles. The average molecular weight is 404 g/mol. The highest BCUT2D eigenvalue weighted by Crippen LogP contribution is 2.31. The molecule has 0 unspecified atom stereocenters. The minimum atomic E-state index is -2.79. The Balaban J connectivity index is 1.78. The van der Waals surface area contributed by atoms with Gasteiger partial charge in [-0.1, -0.05) is 18.5 Å². The summed E-state index contributed by atoms with van der Waals surface area (Å²) in [6.45, 7) is 2.54. The molecule has 0 fully saturated rings. The number of thiazole rings is 1. The first kappa shape index (κ1) is 18.0. The van der Waals surface area contributed by atoms with Crippen LogP contribution < -0.4 is 4.31 Å². The first-order valence-corrected chi connectivity index (χ1v) is 9.28. The van der Waals surface area contributed by atoms with E-state index in [1.807, 2.05) is 17.3 Å². The van der Waals surface area contributed by atoms with Crippen LogP contribution in [0.4, 0.5) is 14.5 Å². The van der Waals surface area contributed by atoms with Crippen molar-refractivity contribution in [2.75, 3.05) is 10.1 Å². The van der Waals surface area contributed by atoms with Gasteiger partial charge < -0.3 is 8.72 Å². The first-order valence-electron chi connectivity index (χ1n) is 7.14. The first-order chi connectivity index (χ1) is 12.1. The van der Waals surface area contributed by atoms with E-state index >= 15 is 0 Å². The number of aromatic nitrogens is 4. The fourth-order valence-electron chi connectivity index (χ4n) is 1.93. The van der Waals surface area contributed by atoms with E-state index in [-0.39, 0.29) is 5.89 Å². The molecule has 0 aromatic carbocycles. The Morgan fingerprint density at radius 3 is 2.84 bits per heavy atom. The maximum atomic E-state index is 12.5. The third kappa shape index (κ3) is 4.44. The number of pyridine rings is 1. The molecule has 6 nitrogen and oxygen atoms in total. The molecule has 0 bridgehead atoms. The minimum absolute atomic E-state index is 0.0400. The summed E-state index contributed by atoms with van der Waals surface area (Å²) in [7, 11) is 0. The van der Waals surface area contributed by atoms with Crippen LogP contribution in [-0.4, -0.2) is 25.9 Å². The second-order valence-corrected chi connectivity index (χ2v) is 7.51. The molecule has 3 rings (SSSR count). The molecular weight excluding hydrogens is 392 g/mol. The molecule has 0 aliphatic heterocycles. The van der Waals surface area contributed by atoms with Gasteiger partial charge in [0.15, 0.2) is 0 Å². The standard InChI is InChI=1S/C14H12ClF2N5OS2/c1-2-24-22(9-3-8(15)4-18-5-9)7-11-19-6-10(25-11)13-20-21-14(23-13)12(16)17/h3-6,12H,2,7H2,1H3. The average Bonchev–Trinajstić information content (AvgIpc) is 3.23. The fourth-order valence-corrected chi connectivity index (χ4v) is 3.78. The predicted octanol–water partition coefficient (Wildman–Crippen LogP) is 4.85. The zero-order valence-corrected chi connectivity index (χ0v) is 15.3. The quantitative estimate of drug-likeness (QED) is 0.522. The van der Waals surface area contributed by atoms with Gasteiger partial charge in [0, 0.05) is 11.9 Å². The van der Waals surface area contributed by atoms with Crippen LogP contribution in [0.1, 0.15) is 24.2 Å². The van der Waals surface area contributed by atoms with Crippen LogP contribution in [0.5, 0.6) is 0 Å². The maximum absolute atomic E-state index is 12.5. The SMILES string of the molecule is CCSN(Cc1ncc(-c2nnc(C(F)F)o2)s1)c1cncc(Cl)c1. The van der Waals surface area contributed by atoms with Crippen molar-refractivity contribution in [3.63, 3.8) is 0 Å². The van der Waals surface area contributed by atoms with E-state index in [0.29, 0.717) is 16.4 Å². The Bertz CT molecular complexity index is 844. The van der Waals surface area contributed by atoms with E-state index in [1.54, 1.807) is 24.3 Å². The van der Waals surface area contributed by atoms with Crippen LogP contribution in [0.25, 0.3) is 10.8 Å². The highest BCUT2D eigenvalue weighted by Gasteiger charge is 2.19. The van der Waals surface area contributed by atoms with Crippen molar-refractivity contribution in [3.05, 3.63) is 40.6 Å². The fraction of sp³-hybridized carbons (Fsp3) is 0.286. The summed E-state index contributed by atoms with van der Waals surface area (Å²) >= 11 is 8.90. The Morgan fingerprint density at radius 1 is 1.32 bits per heavy atom. The van der Waals surface area contributed by atoms with Crippen molar-refractivity contribution in [3.8, 4) is 10.8 Å². The zero-order valence-electron chi connectivity index (χ0n) is 12.9. The van der Waals surface area contributed by atoms with Gasteiger partial charge in [-0.25, -0.2) is 4.98 Å². The zero-order chi connectivity index (χ0) is 17.8. The lowest BCUT2D eigenvalue weighted by Gasteiger charge is -2.21. The molecule has 132 valence electrons. The lowest BCUT2D eigenvalue weighted by atomic mass is 10.4. The van der Waals surface area contributed by atoms with Crippen LogP contribution in [0.3, 0.4) is 0 Å². The second kappa shape index (κ2) is 8.07. The topological polar surface area (TPSA) is 67.9 Å². The molecule has 0 radical (unpaired) electrons. The van der Waals surface area contributed by atoms with Gasteiger partial charge in [0.2, 0.25) is 0 Å². The highest BCUT2D eigenvalue weighted by molar-refractivity contribution is 8.00. The maximum Gasteiger partial charge on any atom is 0.314 e. The van der Waals surface area contributed by atoms with Crippen LogP contribution >= 0.6 is 34.9 Å². The molecule has 0 spiro atoms. The van der Waals surface area contributed by atoms with Gasteiger partial charge in [-0.05, 0) is 18.0 Å². The summed E-state index contributed by atoms with van der Waals surface area (Å²) < 4.78 is 32.1. The number of nitrogens with zero attached hydrogens (tertiary/aromatic N) is 5. The molecule has 3 heterocycles. The molecule has 0 saturated heterocycles. The summed E-state index contributed by atoms with van der Waals surface area (Å²) in [6.07, 6.45) is 2.03. The van der Waals surface area contributed by atoms with E-state index in [0.717, 1.165) is 16.4 Å². The smallest absolute Gasteiger partial charge is 0.314 e. The molecule has 3 aromatic heterocycles. The van der Waals surface area contributed by atoms with Gasteiger partial charge in [0.25, 0.3) is 11.8 Å². The van der Waals surface area contributed by atoms with Crippen molar-refractivity contribution in [1.29, 1.82) is 0 Å². The molecule has 0 aliphatic rings. The molecule has 0 atom stereocenters. The highest BCUT2D eigenvalue weighted by atomic mass is 35.5. The largest absolute Gasteiger partial charge is 0.414 e. The van der Waals surface area contributed by atoms with Crippen molar-refractivity contribution < 1.29 is 13.2 Å². The lowest BCUT2D eigenvalue weighted by molar-refractivity contribution is 0.116. The number of rotatable bonds is 7.